The molecule has 0 spiro atoms. The van der Waals surface area contributed by atoms with Crippen LogP contribution in [0.25, 0.3) is 28.2 Å². The molecule has 4 rings (SSSR count). The maximum atomic E-state index is 12.5. The third-order valence-electron chi connectivity index (χ3n) is 4.20. The lowest BCUT2D eigenvalue weighted by atomic mass is 10.0. The molecule has 0 bridgehead atoms. The van der Waals surface area contributed by atoms with Crippen LogP contribution >= 0.6 is 15.9 Å². The zero-order chi connectivity index (χ0) is 17.9. The molecule has 4 aromatic rings. The van der Waals surface area contributed by atoms with Crippen LogP contribution in [0.1, 0.15) is 16.1 Å². The fourth-order valence-corrected chi connectivity index (χ4v) is 3.33. The molecule has 0 amide bonds. The minimum Gasteiger partial charge on any atom is -0.457 e. The standard InChI is InChI=1S/C23H15BrO2/c24-21-8-4-3-7-20(21)23-14-12-19(26-23)11-13-22(25)18-10-9-16-5-1-2-6-17(16)15-18/h1-15H/b13-11+. The van der Waals surface area contributed by atoms with Crippen molar-refractivity contribution in [2.24, 2.45) is 0 Å². The highest BCUT2D eigenvalue weighted by Gasteiger charge is 2.07. The Labute approximate surface area is 159 Å². The van der Waals surface area contributed by atoms with E-state index in [0.717, 1.165) is 26.6 Å². The van der Waals surface area contributed by atoms with Crippen molar-refractivity contribution in [2.45, 2.75) is 0 Å². The predicted octanol–water partition coefficient (Wildman–Crippen LogP) is 6.76. The number of furan rings is 1. The molecule has 1 heterocycles. The van der Waals surface area contributed by atoms with Crippen LogP contribution in [0.3, 0.4) is 0 Å². The summed E-state index contributed by atoms with van der Waals surface area (Å²) < 4.78 is 6.81. The fourth-order valence-electron chi connectivity index (χ4n) is 2.84. The molecular formula is C23H15BrO2. The lowest BCUT2D eigenvalue weighted by Gasteiger charge is -2.00. The van der Waals surface area contributed by atoms with Gasteiger partial charge in [-0.1, -0.05) is 70.5 Å². The summed E-state index contributed by atoms with van der Waals surface area (Å²) >= 11 is 3.52. The Hall–Kier alpha value is -2.91. The molecule has 2 nitrogen and oxygen atoms in total. The number of benzene rings is 3. The van der Waals surface area contributed by atoms with Crippen LogP contribution in [-0.4, -0.2) is 5.78 Å². The molecule has 0 radical (unpaired) electrons. The van der Waals surface area contributed by atoms with E-state index in [1.165, 1.54) is 0 Å². The Morgan fingerprint density at radius 2 is 1.62 bits per heavy atom. The van der Waals surface area contributed by atoms with Crippen LogP contribution in [0.4, 0.5) is 0 Å². The molecule has 0 N–H and O–H groups in total. The van der Waals surface area contributed by atoms with Gasteiger partial charge in [0.05, 0.1) is 0 Å². The molecule has 0 aliphatic carbocycles. The number of carbonyl (C=O) groups excluding carboxylic acids is 1. The first-order chi connectivity index (χ1) is 12.7. The summed E-state index contributed by atoms with van der Waals surface area (Å²) in [4.78, 5) is 12.5. The first kappa shape index (κ1) is 16.6. The van der Waals surface area contributed by atoms with E-state index in [1.54, 1.807) is 12.2 Å². The predicted molar refractivity (Wildman–Crippen MR) is 109 cm³/mol. The Morgan fingerprint density at radius 3 is 2.46 bits per heavy atom. The molecular weight excluding hydrogens is 388 g/mol. The summed E-state index contributed by atoms with van der Waals surface area (Å²) in [5.41, 5.74) is 1.64. The number of allylic oxidation sites excluding steroid dienone is 1. The number of hydrogen-bond acceptors (Lipinski definition) is 2. The van der Waals surface area contributed by atoms with E-state index < -0.39 is 0 Å². The van der Waals surface area contributed by atoms with Gasteiger partial charge in [-0.05, 0) is 47.2 Å². The van der Waals surface area contributed by atoms with E-state index >= 15 is 0 Å². The van der Waals surface area contributed by atoms with Gasteiger partial charge in [-0.3, -0.25) is 4.79 Å². The largest absolute Gasteiger partial charge is 0.457 e. The van der Waals surface area contributed by atoms with Gasteiger partial charge in [-0.2, -0.15) is 0 Å². The Kier molecular flexibility index (Phi) is 4.55. The topological polar surface area (TPSA) is 30.2 Å². The van der Waals surface area contributed by atoms with Crippen molar-refractivity contribution >= 4 is 38.6 Å². The van der Waals surface area contributed by atoms with Crippen LogP contribution in [0.15, 0.2) is 93.8 Å². The third kappa shape index (κ3) is 3.39. The Balaban J connectivity index is 1.56. The maximum absolute atomic E-state index is 12.5. The molecule has 0 atom stereocenters. The summed E-state index contributed by atoms with van der Waals surface area (Å²) in [7, 11) is 0. The van der Waals surface area contributed by atoms with E-state index in [4.69, 9.17) is 4.42 Å². The van der Waals surface area contributed by atoms with E-state index in [1.807, 2.05) is 78.9 Å². The first-order valence-corrected chi connectivity index (χ1v) is 9.06. The summed E-state index contributed by atoms with van der Waals surface area (Å²) in [5, 5.41) is 2.18. The van der Waals surface area contributed by atoms with Gasteiger partial charge in [0, 0.05) is 15.6 Å². The van der Waals surface area contributed by atoms with Gasteiger partial charge in [0.15, 0.2) is 5.78 Å². The number of hydrogen-bond donors (Lipinski definition) is 0. The van der Waals surface area contributed by atoms with Gasteiger partial charge >= 0.3 is 0 Å². The summed E-state index contributed by atoms with van der Waals surface area (Å²) in [6.07, 6.45) is 3.25. The second-order valence-electron chi connectivity index (χ2n) is 5.94. The first-order valence-electron chi connectivity index (χ1n) is 8.27. The Morgan fingerprint density at radius 1 is 0.846 bits per heavy atom. The monoisotopic (exact) mass is 402 g/mol. The zero-order valence-corrected chi connectivity index (χ0v) is 15.4. The number of carbonyl (C=O) groups is 1. The van der Waals surface area contributed by atoms with Gasteiger partial charge in [-0.25, -0.2) is 0 Å². The second kappa shape index (κ2) is 7.14. The van der Waals surface area contributed by atoms with Crippen LogP contribution in [-0.2, 0) is 0 Å². The maximum Gasteiger partial charge on any atom is 0.185 e. The van der Waals surface area contributed by atoms with Gasteiger partial charge in [0.25, 0.3) is 0 Å². The van der Waals surface area contributed by atoms with Gasteiger partial charge in [0.1, 0.15) is 11.5 Å². The van der Waals surface area contributed by atoms with E-state index in [0.29, 0.717) is 11.3 Å². The van der Waals surface area contributed by atoms with Crippen molar-refractivity contribution < 1.29 is 9.21 Å². The smallest absolute Gasteiger partial charge is 0.185 e. The molecule has 26 heavy (non-hydrogen) atoms. The van der Waals surface area contributed by atoms with Crippen molar-refractivity contribution in [3.63, 3.8) is 0 Å². The number of fused-ring (bicyclic) bond motifs is 1. The van der Waals surface area contributed by atoms with Crippen LogP contribution in [0.2, 0.25) is 0 Å². The van der Waals surface area contributed by atoms with E-state index in [2.05, 4.69) is 15.9 Å². The van der Waals surface area contributed by atoms with Crippen LogP contribution in [0.5, 0.6) is 0 Å². The average molecular weight is 403 g/mol. The quantitative estimate of drug-likeness (QED) is 0.278. The minimum atomic E-state index is -0.0467. The minimum absolute atomic E-state index is 0.0467. The zero-order valence-electron chi connectivity index (χ0n) is 13.9. The van der Waals surface area contributed by atoms with Gasteiger partial charge < -0.3 is 4.42 Å². The molecule has 0 fully saturated rings. The second-order valence-corrected chi connectivity index (χ2v) is 6.80. The summed E-state index contributed by atoms with van der Waals surface area (Å²) in [6, 6.07) is 25.4. The van der Waals surface area contributed by atoms with Gasteiger partial charge in [0.2, 0.25) is 0 Å². The van der Waals surface area contributed by atoms with Crippen molar-refractivity contribution in [1.29, 1.82) is 0 Å². The highest BCUT2D eigenvalue weighted by molar-refractivity contribution is 9.10. The van der Waals surface area contributed by atoms with Crippen molar-refractivity contribution in [3.05, 3.63) is 101 Å². The SMILES string of the molecule is O=C(/C=C/c1ccc(-c2ccccc2Br)o1)c1ccc2ccccc2c1. The molecule has 1 aromatic heterocycles. The highest BCUT2D eigenvalue weighted by atomic mass is 79.9. The molecule has 0 saturated carbocycles. The molecule has 126 valence electrons. The number of rotatable bonds is 4. The molecule has 0 aliphatic rings. The van der Waals surface area contributed by atoms with Gasteiger partial charge in [-0.15, -0.1) is 0 Å². The normalized spacial score (nSPS) is 11.3. The number of ketones is 1. The molecule has 3 heteroatoms. The summed E-state index contributed by atoms with van der Waals surface area (Å²) in [5.74, 6) is 1.36. The van der Waals surface area contributed by atoms with E-state index in [9.17, 15) is 4.79 Å². The van der Waals surface area contributed by atoms with Crippen molar-refractivity contribution in [2.75, 3.05) is 0 Å². The average Bonchev–Trinajstić information content (AvgIpc) is 3.15. The number of halogens is 1. The lowest BCUT2D eigenvalue weighted by molar-refractivity contribution is 0.104. The molecule has 3 aromatic carbocycles. The molecule has 0 saturated heterocycles. The van der Waals surface area contributed by atoms with Crippen molar-refractivity contribution in [3.8, 4) is 11.3 Å². The van der Waals surface area contributed by atoms with Crippen LogP contribution in [0, 0.1) is 0 Å². The van der Waals surface area contributed by atoms with E-state index in [-0.39, 0.29) is 5.78 Å². The van der Waals surface area contributed by atoms with Crippen molar-refractivity contribution in [1.82, 2.24) is 0 Å². The molecule has 0 unspecified atom stereocenters. The fraction of sp³-hybridized carbons (Fsp3) is 0. The Bertz CT molecular complexity index is 1120. The highest BCUT2D eigenvalue weighted by Crippen LogP contribution is 2.29. The lowest BCUT2D eigenvalue weighted by Crippen LogP contribution is -1.93. The molecule has 0 aliphatic heterocycles. The van der Waals surface area contributed by atoms with Crippen LogP contribution < -0.4 is 0 Å². The third-order valence-corrected chi connectivity index (χ3v) is 4.89. The summed E-state index contributed by atoms with van der Waals surface area (Å²) in [6.45, 7) is 0.